The van der Waals surface area contributed by atoms with E-state index < -0.39 is 6.64 Å². The highest BCUT2D eigenvalue weighted by atomic mass is 32.5. The van der Waals surface area contributed by atoms with Crippen molar-refractivity contribution in [1.29, 1.82) is 0 Å². The maximum atomic E-state index is 5.20. The summed E-state index contributed by atoms with van der Waals surface area (Å²) in [6.07, 6.45) is 4.83. The molecule has 10 heavy (non-hydrogen) atoms. The van der Waals surface area contributed by atoms with E-state index >= 15 is 0 Å². The number of hydrogen-bond donors (Lipinski definition) is 1. The summed E-state index contributed by atoms with van der Waals surface area (Å²) in [4.78, 5) is 0. The molecule has 0 bridgehead atoms. The first-order chi connectivity index (χ1) is 4.70. The molecule has 0 saturated carbocycles. The van der Waals surface area contributed by atoms with Crippen LogP contribution in [0.5, 0.6) is 0 Å². The number of terminal acetylenes is 1. The van der Waals surface area contributed by atoms with Gasteiger partial charge in [0.15, 0.2) is 0 Å². The minimum absolute atomic E-state index is 0.265. The molecule has 1 heterocycles. The number of hydrogen-bond acceptors (Lipinski definition) is 3. The summed E-state index contributed by atoms with van der Waals surface area (Å²) in [5, 5.41) is 2.79. The van der Waals surface area contributed by atoms with Crippen LogP contribution in [0.25, 0.3) is 0 Å². The summed E-state index contributed by atoms with van der Waals surface area (Å²) in [5.74, 6) is 2.43. The largest absolute Gasteiger partial charge is 0.314 e. The van der Waals surface area contributed by atoms with Gasteiger partial charge in [0, 0.05) is 0 Å². The minimum Gasteiger partial charge on any atom is -0.314 e. The molecule has 0 aromatic rings. The van der Waals surface area contributed by atoms with E-state index in [0.717, 1.165) is 0 Å². The van der Waals surface area contributed by atoms with E-state index in [9.17, 15) is 0 Å². The Morgan fingerprint density at radius 1 is 1.90 bits per heavy atom. The normalized spacial score (nSPS) is 39.4. The fraction of sp³-hybridized carbons (Fsp3) is 0.600. The third kappa shape index (κ3) is 1.57. The first-order valence-corrected chi connectivity index (χ1v) is 5.42. The molecule has 2 unspecified atom stereocenters. The zero-order valence-electron chi connectivity index (χ0n) is 5.53. The molecule has 1 aliphatic heterocycles. The van der Waals surface area contributed by atoms with Crippen LogP contribution < -0.4 is 5.09 Å². The Morgan fingerprint density at radius 2 is 2.60 bits per heavy atom. The van der Waals surface area contributed by atoms with Crippen molar-refractivity contribution in [3.05, 3.63) is 0 Å². The van der Waals surface area contributed by atoms with Crippen molar-refractivity contribution >= 4 is 18.4 Å². The topological polar surface area (TPSA) is 30.5 Å². The monoisotopic (exact) mass is 177 g/mol. The van der Waals surface area contributed by atoms with Crippen LogP contribution in [0.4, 0.5) is 0 Å². The van der Waals surface area contributed by atoms with Crippen molar-refractivity contribution in [1.82, 2.24) is 5.09 Å². The minimum atomic E-state index is -2.18. The maximum absolute atomic E-state index is 5.20. The summed E-state index contributed by atoms with van der Waals surface area (Å²) in [7, 11) is 1.71. The van der Waals surface area contributed by atoms with Gasteiger partial charge < -0.3 is 4.52 Å². The summed E-state index contributed by atoms with van der Waals surface area (Å²) < 4.78 is 10.3. The molecule has 0 radical (unpaired) electrons. The van der Waals surface area contributed by atoms with Gasteiger partial charge in [0.1, 0.15) is 6.10 Å². The highest BCUT2D eigenvalue weighted by Crippen LogP contribution is 2.49. The molecule has 1 aliphatic rings. The van der Waals surface area contributed by atoms with Crippen molar-refractivity contribution in [2.75, 3.05) is 13.7 Å². The molecule has 2 atom stereocenters. The molecule has 5 heteroatoms. The fourth-order valence-electron chi connectivity index (χ4n) is 0.590. The highest BCUT2D eigenvalue weighted by Gasteiger charge is 2.29. The standard InChI is InChI=1S/C5H8NO2PS/c1-3-5-4-7-9(10,6-2)8-5/h1,5H,4H2,2H3,(H,6,10). The van der Waals surface area contributed by atoms with Crippen LogP contribution in [-0.2, 0) is 20.9 Å². The second-order valence-electron chi connectivity index (χ2n) is 1.78. The molecule has 1 saturated heterocycles. The summed E-state index contributed by atoms with van der Waals surface area (Å²) in [5.41, 5.74) is 0. The molecular weight excluding hydrogens is 169 g/mol. The molecule has 56 valence electrons. The van der Waals surface area contributed by atoms with E-state index in [1.54, 1.807) is 7.05 Å². The summed E-state index contributed by atoms with van der Waals surface area (Å²) in [6.45, 7) is -1.77. The Labute approximate surface area is 65.3 Å². The molecule has 0 aliphatic carbocycles. The molecular formula is C5H8NO2PS. The third-order valence-electron chi connectivity index (χ3n) is 1.12. The predicted molar refractivity (Wildman–Crippen MR) is 43.0 cm³/mol. The average Bonchev–Trinajstić information content (AvgIpc) is 2.33. The Morgan fingerprint density at radius 3 is 2.90 bits per heavy atom. The SMILES string of the molecule is C#CC1COP(=S)(NC)O1. The average molecular weight is 177 g/mol. The number of rotatable bonds is 1. The van der Waals surface area contributed by atoms with Gasteiger partial charge in [-0.15, -0.1) is 6.42 Å². The quantitative estimate of drug-likeness (QED) is 0.466. The van der Waals surface area contributed by atoms with Gasteiger partial charge in [-0.3, -0.25) is 4.52 Å². The second kappa shape index (κ2) is 3.00. The van der Waals surface area contributed by atoms with Gasteiger partial charge in [0.2, 0.25) is 0 Å². The van der Waals surface area contributed by atoms with Gasteiger partial charge in [-0.05, 0) is 18.9 Å². The zero-order valence-corrected chi connectivity index (χ0v) is 7.24. The van der Waals surface area contributed by atoms with Crippen molar-refractivity contribution in [3.63, 3.8) is 0 Å². The van der Waals surface area contributed by atoms with Crippen molar-refractivity contribution in [2.45, 2.75) is 6.10 Å². The lowest BCUT2D eigenvalue weighted by Crippen LogP contribution is -2.05. The van der Waals surface area contributed by atoms with E-state index in [1.165, 1.54) is 0 Å². The van der Waals surface area contributed by atoms with Crippen molar-refractivity contribution in [3.8, 4) is 12.3 Å². The Kier molecular flexibility index (Phi) is 2.45. The smallest absolute Gasteiger partial charge is 0.262 e. The van der Waals surface area contributed by atoms with Crippen LogP contribution in [0.3, 0.4) is 0 Å². The van der Waals surface area contributed by atoms with Gasteiger partial charge >= 0.3 is 0 Å². The third-order valence-corrected chi connectivity index (χ3v) is 3.81. The van der Waals surface area contributed by atoms with Crippen LogP contribution in [0.1, 0.15) is 0 Å². The molecule has 0 amide bonds. The molecule has 1 N–H and O–H groups in total. The molecule has 1 rings (SSSR count). The van der Waals surface area contributed by atoms with E-state index in [-0.39, 0.29) is 6.10 Å². The molecule has 3 nitrogen and oxygen atoms in total. The Bertz CT molecular complexity index is 212. The van der Waals surface area contributed by atoms with Crippen molar-refractivity contribution < 1.29 is 9.05 Å². The van der Waals surface area contributed by atoms with E-state index in [2.05, 4.69) is 11.0 Å². The van der Waals surface area contributed by atoms with Crippen LogP contribution in [0, 0.1) is 12.3 Å². The van der Waals surface area contributed by atoms with E-state index in [1.807, 2.05) is 0 Å². The van der Waals surface area contributed by atoms with Gasteiger partial charge in [-0.1, -0.05) is 5.92 Å². The van der Waals surface area contributed by atoms with Gasteiger partial charge in [-0.25, -0.2) is 5.09 Å². The number of nitrogens with one attached hydrogen (secondary N) is 1. The first-order valence-electron chi connectivity index (χ1n) is 2.78. The van der Waals surface area contributed by atoms with Crippen LogP contribution in [-0.4, -0.2) is 19.8 Å². The second-order valence-corrected chi connectivity index (χ2v) is 5.13. The van der Waals surface area contributed by atoms with Crippen molar-refractivity contribution in [2.24, 2.45) is 0 Å². The van der Waals surface area contributed by atoms with Gasteiger partial charge in [0.05, 0.1) is 6.61 Å². The Balaban J connectivity index is 2.60. The highest BCUT2D eigenvalue weighted by molar-refractivity contribution is 8.09. The predicted octanol–water partition coefficient (Wildman–Crippen LogP) is 0.479. The van der Waals surface area contributed by atoms with Gasteiger partial charge in [-0.2, -0.15) is 0 Å². The molecule has 0 aromatic heterocycles. The summed E-state index contributed by atoms with van der Waals surface area (Å²) >= 11 is 4.97. The zero-order chi connectivity index (χ0) is 7.61. The maximum Gasteiger partial charge on any atom is 0.262 e. The van der Waals surface area contributed by atoms with E-state index in [4.69, 9.17) is 27.3 Å². The van der Waals surface area contributed by atoms with Crippen LogP contribution >= 0.6 is 6.64 Å². The lowest BCUT2D eigenvalue weighted by molar-refractivity contribution is 0.301. The van der Waals surface area contributed by atoms with Crippen LogP contribution in [0.2, 0.25) is 0 Å². The first kappa shape index (κ1) is 8.19. The lowest BCUT2D eigenvalue weighted by Gasteiger charge is -2.10. The molecule has 0 spiro atoms. The molecule has 0 aromatic carbocycles. The fourth-order valence-corrected chi connectivity index (χ4v) is 2.17. The van der Waals surface area contributed by atoms with Crippen LogP contribution in [0.15, 0.2) is 0 Å². The lowest BCUT2D eigenvalue weighted by atomic mass is 10.4. The molecule has 1 fully saturated rings. The van der Waals surface area contributed by atoms with Gasteiger partial charge in [0.25, 0.3) is 6.64 Å². The Hall–Kier alpha value is 0.0900. The summed E-state index contributed by atoms with van der Waals surface area (Å²) in [6, 6.07) is 0. The van der Waals surface area contributed by atoms with E-state index in [0.29, 0.717) is 6.61 Å².